The molecule has 8 nitrogen and oxygen atoms in total. The highest BCUT2D eigenvalue weighted by atomic mass is 32.2. The van der Waals surface area contributed by atoms with E-state index in [9.17, 15) is 13.2 Å². The van der Waals surface area contributed by atoms with Gasteiger partial charge in [-0.05, 0) is 56.3 Å². The quantitative estimate of drug-likeness (QED) is 0.456. The molecule has 1 aliphatic heterocycles. The Hall–Kier alpha value is -3.53. The third-order valence-corrected chi connectivity index (χ3v) is 7.75. The number of ether oxygens (including phenoxy) is 1. The summed E-state index contributed by atoms with van der Waals surface area (Å²) in [4.78, 5) is 17.6. The Morgan fingerprint density at radius 3 is 2.46 bits per heavy atom. The van der Waals surface area contributed by atoms with Gasteiger partial charge >= 0.3 is 0 Å². The third-order valence-electron chi connectivity index (χ3n) is 5.92. The van der Waals surface area contributed by atoms with Gasteiger partial charge in [0.2, 0.25) is 10.0 Å². The smallest absolute Gasteiger partial charge is 0.255 e. The summed E-state index contributed by atoms with van der Waals surface area (Å²) < 4.78 is 35.4. The summed E-state index contributed by atoms with van der Waals surface area (Å²) in [5.41, 5.74) is 3.49. The normalized spacial score (nSPS) is 19.0. The molecule has 3 heterocycles. The highest BCUT2D eigenvalue weighted by Gasteiger charge is 2.32. The zero-order valence-corrected chi connectivity index (χ0v) is 20.3. The number of amides is 1. The summed E-state index contributed by atoms with van der Waals surface area (Å²) in [7, 11) is -3.74. The summed E-state index contributed by atoms with van der Waals surface area (Å²) in [6, 6.07) is 19.3. The van der Waals surface area contributed by atoms with Gasteiger partial charge in [-0.3, -0.25) is 4.79 Å². The van der Waals surface area contributed by atoms with Crippen molar-refractivity contribution < 1.29 is 17.9 Å². The molecule has 1 aliphatic rings. The van der Waals surface area contributed by atoms with Crippen LogP contribution in [0.25, 0.3) is 16.9 Å². The number of nitrogens with one attached hydrogen (secondary N) is 1. The molecule has 2 atom stereocenters. The zero-order chi connectivity index (χ0) is 24.6. The lowest BCUT2D eigenvalue weighted by atomic mass is 10.1. The van der Waals surface area contributed by atoms with Gasteiger partial charge in [-0.15, -0.1) is 0 Å². The molecule has 0 spiro atoms. The van der Waals surface area contributed by atoms with Crippen LogP contribution in [0.15, 0.2) is 84.0 Å². The number of morpholine rings is 1. The molecule has 1 N–H and O–H groups in total. The molecule has 9 heteroatoms. The number of anilines is 1. The SMILES string of the molecule is C[C@@H]1CN(S(=O)(=O)c2cccc(C(=O)Nc3ccc(-c4cn5ccccc5n4)cc3)c2)C[C@@H](C)O1. The zero-order valence-electron chi connectivity index (χ0n) is 19.5. The largest absolute Gasteiger partial charge is 0.373 e. The maximum atomic E-state index is 13.2. The van der Waals surface area contributed by atoms with E-state index in [0.29, 0.717) is 5.69 Å². The number of aromatic nitrogens is 2. The van der Waals surface area contributed by atoms with E-state index in [-0.39, 0.29) is 41.7 Å². The molecule has 5 rings (SSSR count). The van der Waals surface area contributed by atoms with Crippen molar-refractivity contribution in [2.75, 3.05) is 18.4 Å². The van der Waals surface area contributed by atoms with E-state index in [4.69, 9.17) is 4.74 Å². The number of hydrogen-bond acceptors (Lipinski definition) is 5. The first-order chi connectivity index (χ1) is 16.8. The number of hydrogen-bond donors (Lipinski definition) is 1. The Labute approximate surface area is 204 Å². The number of carbonyl (C=O) groups is 1. The van der Waals surface area contributed by atoms with Crippen molar-refractivity contribution in [1.82, 2.24) is 13.7 Å². The lowest BCUT2D eigenvalue weighted by Crippen LogP contribution is -2.48. The van der Waals surface area contributed by atoms with Gasteiger partial charge in [0.1, 0.15) is 5.65 Å². The summed E-state index contributed by atoms with van der Waals surface area (Å²) >= 11 is 0. The lowest BCUT2D eigenvalue weighted by molar-refractivity contribution is -0.0440. The van der Waals surface area contributed by atoms with Crippen molar-refractivity contribution in [3.63, 3.8) is 0 Å². The Kier molecular flexibility index (Phi) is 6.14. The predicted molar refractivity (Wildman–Crippen MR) is 134 cm³/mol. The topological polar surface area (TPSA) is 93.0 Å². The van der Waals surface area contributed by atoms with E-state index in [1.165, 1.54) is 16.4 Å². The number of fused-ring (bicyclic) bond motifs is 1. The molecule has 1 saturated heterocycles. The molecule has 1 amide bonds. The molecule has 0 saturated carbocycles. The van der Waals surface area contributed by atoms with Crippen LogP contribution in [0.3, 0.4) is 0 Å². The maximum absolute atomic E-state index is 13.2. The first kappa shape index (κ1) is 23.2. The van der Waals surface area contributed by atoms with Crippen LogP contribution < -0.4 is 5.32 Å². The Morgan fingerprint density at radius 1 is 1.00 bits per heavy atom. The van der Waals surface area contributed by atoms with Gasteiger partial charge in [-0.25, -0.2) is 13.4 Å². The van der Waals surface area contributed by atoms with Crippen LogP contribution in [-0.4, -0.2) is 53.3 Å². The minimum atomic E-state index is -3.74. The summed E-state index contributed by atoms with van der Waals surface area (Å²) in [6.45, 7) is 4.26. The first-order valence-electron chi connectivity index (χ1n) is 11.4. The number of pyridine rings is 1. The second kappa shape index (κ2) is 9.26. The second-order valence-electron chi connectivity index (χ2n) is 8.73. The monoisotopic (exact) mass is 490 g/mol. The second-order valence-corrected chi connectivity index (χ2v) is 10.7. The van der Waals surface area contributed by atoms with Crippen LogP contribution >= 0.6 is 0 Å². The average molecular weight is 491 g/mol. The van der Waals surface area contributed by atoms with Crippen molar-refractivity contribution >= 4 is 27.3 Å². The molecule has 2 aromatic carbocycles. The Bertz CT molecular complexity index is 1440. The van der Waals surface area contributed by atoms with Crippen molar-refractivity contribution in [3.8, 4) is 11.3 Å². The maximum Gasteiger partial charge on any atom is 0.255 e. The number of carbonyl (C=O) groups excluding carboxylic acids is 1. The van der Waals surface area contributed by atoms with Gasteiger partial charge < -0.3 is 14.5 Å². The average Bonchev–Trinajstić information content (AvgIpc) is 3.28. The van der Waals surface area contributed by atoms with Crippen molar-refractivity contribution in [2.45, 2.75) is 31.0 Å². The number of nitrogens with zero attached hydrogens (tertiary/aromatic N) is 3. The molecule has 0 aliphatic carbocycles. The van der Waals surface area contributed by atoms with E-state index < -0.39 is 10.0 Å². The lowest BCUT2D eigenvalue weighted by Gasteiger charge is -2.34. The van der Waals surface area contributed by atoms with E-state index >= 15 is 0 Å². The fraction of sp³-hybridized carbons (Fsp3) is 0.231. The molecule has 0 bridgehead atoms. The van der Waals surface area contributed by atoms with Gasteiger partial charge in [0.25, 0.3) is 5.91 Å². The van der Waals surface area contributed by atoms with Crippen LogP contribution in [0.5, 0.6) is 0 Å². The molecule has 1 fully saturated rings. The van der Waals surface area contributed by atoms with Crippen molar-refractivity contribution in [1.29, 1.82) is 0 Å². The number of imidazole rings is 1. The molecule has 4 aromatic rings. The molecular weight excluding hydrogens is 464 g/mol. The Morgan fingerprint density at radius 2 is 1.74 bits per heavy atom. The summed E-state index contributed by atoms with van der Waals surface area (Å²) in [5, 5.41) is 2.84. The minimum absolute atomic E-state index is 0.0913. The van der Waals surface area contributed by atoms with Crippen LogP contribution in [-0.2, 0) is 14.8 Å². The van der Waals surface area contributed by atoms with E-state index in [1.807, 2.05) is 61.0 Å². The first-order valence-corrected chi connectivity index (χ1v) is 12.8. The molecule has 180 valence electrons. The minimum Gasteiger partial charge on any atom is -0.373 e. The highest BCUT2D eigenvalue weighted by Crippen LogP contribution is 2.24. The fourth-order valence-electron chi connectivity index (χ4n) is 4.28. The van der Waals surface area contributed by atoms with Gasteiger partial charge in [0.15, 0.2) is 0 Å². The molecule has 2 aromatic heterocycles. The van der Waals surface area contributed by atoms with Crippen LogP contribution in [0.4, 0.5) is 5.69 Å². The van der Waals surface area contributed by atoms with Crippen molar-refractivity contribution in [3.05, 3.63) is 84.7 Å². The number of sulfonamides is 1. The number of rotatable bonds is 5. The van der Waals surface area contributed by atoms with Gasteiger partial charge in [0.05, 0.1) is 22.8 Å². The van der Waals surface area contributed by atoms with Gasteiger partial charge in [-0.1, -0.05) is 24.3 Å². The summed E-state index contributed by atoms with van der Waals surface area (Å²) in [6.07, 6.45) is 3.51. The fourth-order valence-corrected chi connectivity index (χ4v) is 5.91. The van der Waals surface area contributed by atoms with Crippen LogP contribution in [0, 0.1) is 0 Å². The predicted octanol–water partition coefficient (Wildman–Crippen LogP) is 4.05. The molecular formula is C26H26N4O4S. The molecule has 35 heavy (non-hydrogen) atoms. The third kappa shape index (κ3) is 4.84. The summed E-state index contributed by atoms with van der Waals surface area (Å²) in [5.74, 6) is -0.383. The molecule has 0 unspecified atom stereocenters. The standard InChI is InChI=1S/C26H26N4O4S/c1-18-15-30(16-19(2)34-18)35(32,33)23-7-5-6-21(14-23)26(31)27-22-11-9-20(10-12-22)24-17-29-13-4-3-8-25(29)28-24/h3-14,17-19H,15-16H2,1-2H3,(H,27,31)/t18-,19-/m1/s1. The molecule has 0 radical (unpaired) electrons. The van der Waals surface area contributed by atoms with Crippen molar-refractivity contribution in [2.24, 2.45) is 0 Å². The van der Waals surface area contributed by atoms with Crippen LogP contribution in [0.1, 0.15) is 24.2 Å². The van der Waals surface area contributed by atoms with E-state index in [0.717, 1.165) is 16.9 Å². The van der Waals surface area contributed by atoms with E-state index in [1.54, 1.807) is 24.3 Å². The van der Waals surface area contributed by atoms with E-state index in [2.05, 4.69) is 10.3 Å². The highest BCUT2D eigenvalue weighted by molar-refractivity contribution is 7.89. The Balaban J connectivity index is 1.31. The number of benzene rings is 2. The van der Waals surface area contributed by atoms with Gasteiger partial charge in [-0.2, -0.15) is 4.31 Å². The van der Waals surface area contributed by atoms with Gasteiger partial charge in [0, 0.05) is 42.3 Å². The van der Waals surface area contributed by atoms with Crippen LogP contribution in [0.2, 0.25) is 0 Å².